The van der Waals surface area contributed by atoms with Gasteiger partial charge in [-0.1, -0.05) is 35.5 Å². The molecule has 0 aliphatic heterocycles. The zero-order valence-corrected chi connectivity index (χ0v) is 10.5. The van der Waals surface area contributed by atoms with Crippen LogP contribution in [0.2, 0.25) is 0 Å². The molecule has 0 spiro atoms. The smallest absolute Gasteiger partial charge is 0.276 e. The molecule has 0 saturated heterocycles. The fourth-order valence-corrected chi connectivity index (χ4v) is 1.85. The summed E-state index contributed by atoms with van der Waals surface area (Å²) in [6.07, 6.45) is 1.38. The van der Waals surface area contributed by atoms with Crippen molar-refractivity contribution in [1.82, 2.24) is 10.1 Å². The fourth-order valence-electron chi connectivity index (χ4n) is 1.64. The summed E-state index contributed by atoms with van der Waals surface area (Å²) in [6.45, 7) is 0.987. The van der Waals surface area contributed by atoms with Gasteiger partial charge >= 0.3 is 0 Å². The molecule has 2 rings (SSSR count). The quantitative estimate of drug-likeness (QED) is 0.780. The van der Waals surface area contributed by atoms with Crippen LogP contribution in [0.1, 0.15) is 16.1 Å². The fraction of sp³-hybridized carbons (Fsp3) is 0.231. The van der Waals surface area contributed by atoms with Crippen LogP contribution in [0, 0.1) is 0 Å². The Morgan fingerprint density at radius 3 is 2.67 bits per heavy atom. The Morgan fingerprint density at radius 2 is 2.06 bits per heavy atom. The highest BCUT2D eigenvalue weighted by molar-refractivity contribution is 6.18. The highest BCUT2D eigenvalue weighted by Crippen LogP contribution is 2.09. The van der Waals surface area contributed by atoms with Crippen LogP contribution in [-0.2, 0) is 6.54 Å². The number of aromatic nitrogens is 1. The molecule has 0 N–H and O–H groups in total. The first kappa shape index (κ1) is 12.6. The van der Waals surface area contributed by atoms with Crippen LogP contribution in [-0.4, -0.2) is 28.4 Å². The summed E-state index contributed by atoms with van der Waals surface area (Å²) in [6, 6.07) is 11.3. The van der Waals surface area contributed by atoms with Crippen molar-refractivity contribution in [2.45, 2.75) is 6.54 Å². The van der Waals surface area contributed by atoms with Gasteiger partial charge in [-0.3, -0.25) is 4.79 Å². The zero-order valence-electron chi connectivity index (χ0n) is 9.75. The van der Waals surface area contributed by atoms with Crippen LogP contribution in [0.25, 0.3) is 0 Å². The number of alkyl halides is 1. The standard InChI is InChI=1S/C13H13ClN2O2/c14-7-8-16(10-11-4-2-1-3-5-11)13(17)12-6-9-18-15-12/h1-6,9H,7-8,10H2. The summed E-state index contributed by atoms with van der Waals surface area (Å²) in [4.78, 5) is 13.8. The predicted molar refractivity (Wildman–Crippen MR) is 68.4 cm³/mol. The minimum atomic E-state index is -0.173. The molecule has 0 fully saturated rings. The Bertz CT molecular complexity index is 485. The van der Waals surface area contributed by atoms with E-state index >= 15 is 0 Å². The van der Waals surface area contributed by atoms with E-state index in [1.54, 1.807) is 11.0 Å². The number of carbonyl (C=O) groups excluding carboxylic acids is 1. The van der Waals surface area contributed by atoms with Crippen molar-refractivity contribution in [2.75, 3.05) is 12.4 Å². The van der Waals surface area contributed by atoms with Gasteiger partial charge in [0.15, 0.2) is 5.69 Å². The Kier molecular flexibility index (Phi) is 4.36. The van der Waals surface area contributed by atoms with Crippen LogP contribution >= 0.6 is 11.6 Å². The van der Waals surface area contributed by atoms with Gasteiger partial charge in [0, 0.05) is 25.0 Å². The molecule has 0 saturated carbocycles. The Hall–Kier alpha value is -1.81. The van der Waals surface area contributed by atoms with Crippen LogP contribution in [0.15, 0.2) is 47.2 Å². The van der Waals surface area contributed by atoms with Crippen LogP contribution in [0.5, 0.6) is 0 Å². The molecule has 0 radical (unpaired) electrons. The molecule has 4 nitrogen and oxygen atoms in total. The molecule has 18 heavy (non-hydrogen) atoms. The van der Waals surface area contributed by atoms with Crippen LogP contribution in [0.4, 0.5) is 0 Å². The molecule has 1 aromatic heterocycles. The molecule has 0 aliphatic carbocycles. The minimum Gasteiger partial charge on any atom is -0.364 e. The highest BCUT2D eigenvalue weighted by atomic mass is 35.5. The van der Waals surface area contributed by atoms with E-state index in [2.05, 4.69) is 9.68 Å². The van der Waals surface area contributed by atoms with Gasteiger partial charge in [-0.05, 0) is 5.56 Å². The van der Waals surface area contributed by atoms with Crippen LogP contribution in [0.3, 0.4) is 0 Å². The van der Waals surface area contributed by atoms with Crippen molar-refractivity contribution < 1.29 is 9.32 Å². The second-order valence-electron chi connectivity index (χ2n) is 3.79. The number of benzene rings is 1. The molecule has 1 heterocycles. The SMILES string of the molecule is O=C(c1ccon1)N(CCCl)Cc1ccccc1. The van der Waals surface area contributed by atoms with Gasteiger partial charge in [0.05, 0.1) is 0 Å². The number of hydrogen-bond acceptors (Lipinski definition) is 3. The van der Waals surface area contributed by atoms with Crippen LogP contribution < -0.4 is 0 Å². The number of amides is 1. The predicted octanol–water partition coefficient (Wildman–Crippen LogP) is 2.56. The Morgan fingerprint density at radius 1 is 1.28 bits per heavy atom. The van der Waals surface area contributed by atoms with E-state index in [0.29, 0.717) is 24.7 Å². The number of carbonyl (C=O) groups is 1. The van der Waals surface area contributed by atoms with E-state index in [9.17, 15) is 4.79 Å². The van der Waals surface area contributed by atoms with Gasteiger partial charge in [-0.15, -0.1) is 11.6 Å². The summed E-state index contributed by atoms with van der Waals surface area (Å²) in [5.41, 5.74) is 1.36. The summed E-state index contributed by atoms with van der Waals surface area (Å²) in [5.74, 6) is 0.212. The van der Waals surface area contributed by atoms with Gasteiger partial charge in [0.1, 0.15) is 6.26 Å². The van der Waals surface area contributed by atoms with Gasteiger partial charge in [0.2, 0.25) is 0 Å². The molecule has 5 heteroatoms. The van der Waals surface area contributed by atoms with E-state index in [0.717, 1.165) is 5.56 Å². The molecule has 0 aliphatic rings. The van der Waals surface area contributed by atoms with Crippen molar-refractivity contribution in [3.63, 3.8) is 0 Å². The number of hydrogen-bond donors (Lipinski definition) is 0. The van der Waals surface area contributed by atoms with E-state index < -0.39 is 0 Å². The van der Waals surface area contributed by atoms with Crippen molar-refractivity contribution >= 4 is 17.5 Å². The molecule has 2 aromatic rings. The average Bonchev–Trinajstić information content (AvgIpc) is 2.92. The van der Waals surface area contributed by atoms with E-state index in [4.69, 9.17) is 11.6 Å². The van der Waals surface area contributed by atoms with Crippen molar-refractivity contribution in [1.29, 1.82) is 0 Å². The number of rotatable bonds is 5. The van der Waals surface area contributed by atoms with Crippen molar-refractivity contribution in [3.8, 4) is 0 Å². The molecular formula is C13H13ClN2O2. The Balaban J connectivity index is 2.11. The number of halogens is 1. The van der Waals surface area contributed by atoms with E-state index in [-0.39, 0.29) is 5.91 Å². The lowest BCUT2D eigenvalue weighted by Crippen LogP contribution is -2.32. The topological polar surface area (TPSA) is 46.3 Å². The average molecular weight is 265 g/mol. The lowest BCUT2D eigenvalue weighted by atomic mass is 10.2. The molecular weight excluding hydrogens is 252 g/mol. The second-order valence-corrected chi connectivity index (χ2v) is 4.16. The molecule has 94 valence electrons. The molecule has 0 atom stereocenters. The molecule has 1 amide bonds. The third-order valence-electron chi connectivity index (χ3n) is 2.51. The maximum atomic E-state index is 12.1. The lowest BCUT2D eigenvalue weighted by molar-refractivity contribution is 0.0743. The lowest BCUT2D eigenvalue weighted by Gasteiger charge is -2.20. The third-order valence-corrected chi connectivity index (χ3v) is 2.68. The minimum absolute atomic E-state index is 0.173. The first-order chi connectivity index (χ1) is 8.81. The molecule has 1 aromatic carbocycles. The summed E-state index contributed by atoms with van der Waals surface area (Å²) < 4.78 is 4.68. The first-order valence-electron chi connectivity index (χ1n) is 5.61. The maximum Gasteiger partial charge on any atom is 0.276 e. The third kappa shape index (κ3) is 3.11. The van der Waals surface area contributed by atoms with Gasteiger partial charge in [0.25, 0.3) is 5.91 Å². The Labute approximate surface area is 110 Å². The van der Waals surface area contributed by atoms with E-state index in [1.165, 1.54) is 6.26 Å². The highest BCUT2D eigenvalue weighted by Gasteiger charge is 2.17. The van der Waals surface area contributed by atoms with Crippen molar-refractivity contribution in [2.24, 2.45) is 0 Å². The monoisotopic (exact) mass is 264 g/mol. The maximum absolute atomic E-state index is 12.1. The summed E-state index contributed by atoms with van der Waals surface area (Å²) in [5, 5.41) is 3.65. The second kappa shape index (κ2) is 6.21. The molecule has 0 unspecified atom stereocenters. The number of nitrogens with zero attached hydrogens (tertiary/aromatic N) is 2. The first-order valence-corrected chi connectivity index (χ1v) is 6.14. The van der Waals surface area contributed by atoms with Gasteiger partial charge in [-0.25, -0.2) is 0 Å². The summed E-state index contributed by atoms with van der Waals surface area (Å²) >= 11 is 5.73. The normalized spacial score (nSPS) is 10.3. The van der Waals surface area contributed by atoms with Gasteiger partial charge in [-0.2, -0.15) is 0 Å². The van der Waals surface area contributed by atoms with Crippen molar-refractivity contribution in [3.05, 3.63) is 53.9 Å². The van der Waals surface area contributed by atoms with E-state index in [1.807, 2.05) is 30.3 Å². The summed E-state index contributed by atoms with van der Waals surface area (Å²) in [7, 11) is 0. The molecule has 0 bridgehead atoms. The zero-order chi connectivity index (χ0) is 12.8. The largest absolute Gasteiger partial charge is 0.364 e. The van der Waals surface area contributed by atoms with Gasteiger partial charge < -0.3 is 9.42 Å².